The second kappa shape index (κ2) is 3.44. The Morgan fingerprint density at radius 1 is 1.35 bits per heavy atom. The van der Waals surface area contributed by atoms with Gasteiger partial charge in [0.05, 0.1) is 22.8 Å². The van der Waals surface area contributed by atoms with Gasteiger partial charge in [0.25, 0.3) is 0 Å². The molecular weight excluding hydrogens is 236 g/mol. The van der Waals surface area contributed by atoms with Crippen LogP contribution in [0.1, 0.15) is 11.3 Å². The second-order valence-electron chi connectivity index (χ2n) is 3.80. The molecule has 1 aromatic carbocycles. The van der Waals surface area contributed by atoms with Gasteiger partial charge in [-0.15, -0.1) is 0 Å². The van der Waals surface area contributed by atoms with Crippen molar-refractivity contribution < 1.29 is 0 Å². The summed E-state index contributed by atoms with van der Waals surface area (Å²) in [6.45, 7) is 1.89. The van der Waals surface area contributed by atoms with Crippen molar-refractivity contribution in [3.05, 3.63) is 40.9 Å². The molecule has 5 heteroatoms. The van der Waals surface area contributed by atoms with Crippen molar-refractivity contribution in [1.82, 2.24) is 14.4 Å². The highest BCUT2D eigenvalue weighted by atomic mass is 35.5. The largest absolute Gasteiger partial charge is 0.274 e. The monoisotopic (exact) mass is 242 g/mol. The third-order valence-corrected chi connectivity index (χ3v) is 2.87. The van der Waals surface area contributed by atoms with Crippen LogP contribution in [0.2, 0.25) is 5.28 Å². The van der Waals surface area contributed by atoms with Crippen LogP contribution in [0.15, 0.2) is 24.4 Å². The zero-order valence-corrected chi connectivity index (χ0v) is 9.73. The molecule has 0 saturated carbocycles. The fourth-order valence-electron chi connectivity index (χ4n) is 1.86. The second-order valence-corrected chi connectivity index (χ2v) is 4.14. The molecule has 0 aliphatic heterocycles. The predicted octanol–water partition coefficient (Wildman–Crippen LogP) is 2.72. The van der Waals surface area contributed by atoms with Crippen LogP contribution in [-0.4, -0.2) is 14.4 Å². The van der Waals surface area contributed by atoms with Gasteiger partial charge in [-0.3, -0.25) is 4.40 Å². The minimum Gasteiger partial charge on any atom is -0.274 e. The molecule has 0 N–H and O–H groups in total. The van der Waals surface area contributed by atoms with Gasteiger partial charge in [-0.05, 0) is 36.7 Å². The van der Waals surface area contributed by atoms with Crippen LogP contribution in [0.4, 0.5) is 0 Å². The fourth-order valence-corrected chi connectivity index (χ4v) is 2.08. The van der Waals surface area contributed by atoms with Crippen LogP contribution in [0.3, 0.4) is 0 Å². The number of halogens is 1. The quantitative estimate of drug-likeness (QED) is 0.570. The highest BCUT2D eigenvalue weighted by Crippen LogP contribution is 2.22. The summed E-state index contributed by atoms with van der Waals surface area (Å²) in [6.07, 6.45) is 1.82. The van der Waals surface area contributed by atoms with Crippen LogP contribution < -0.4 is 0 Å². The van der Waals surface area contributed by atoms with E-state index in [1.54, 1.807) is 22.6 Å². The van der Waals surface area contributed by atoms with Crippen LogP contribution in [0.25, 0.3) is 16.6 Å². The van der Waals surface area contributed by atoms with E-state index in [2.05, 4.69) is 16.0 Å². The summed E-state index contributed by atoms with van der Waals surface area (Å²) in [4.78, 5) is 8.68. The third-order valence-electron chi connectivity index (χ3n) is 2.60. The smallest absolute Gasteiger partial charge is 0.209 e. The standard InChI is InChI=1S/C12H7ClN4/c1-7-6-17-11(15-7)9-4-8(5-14)2-3-10(9)16-12(17)13/h2-4,6H,1H3. The van der Waals surface area contributed by atoms with Gasteiger partial charge >= 0.3 is 0 Å². The fraction of sp³-hybridized carbons (Fsp3) is 0.0833. The summed E-state index contributed by atoms with van der Waals surface area (Å²) in [5.41, 5.74) is 2.93. The summed E-state index contributed by atoms with van der Waals surface area (Å²) >= 11 is 6.07. The van der Waals surface area contributed by atoms with Crippen molar-refractivity contribution in [2.75, 3.05) is 0 Å². The first kappa shape index (κ1) is 10.1. The van der Waals surface area contributed by atoms with Crippen molar-refractivity contribution in [1.29, 1.82) is 5.26 Å². The Balaban J connectivity index is 2.56. The Kier molecular flexibility index (Phi) is 2.03. The number of aromatic nitrogens is 3. The average Bonchev–Trinajstić information content (AvgIpc) is 2.72. The molecule has 3 aromatic rings. The lowest BCUT2D eigenvalue weighted by molar-refractivity contribution is 1.12. The zero-order valence-electron chi connectivity index (χ0n) is 8.98. The summed E-state index contributed by atoms with van der Waals surface area (Å²) in [7, 11) is 0. The average molecular weight is 243 g/mol. The van der Waals surface area contributed by atoms with Gasteiger partial charge in [-0.25, -0.2) is 9.97 Å². The lowest BCUT2D eigenvalue weighted by Crippen LogP contribution is -1.92. The molecule has 0 saturated heterocycles. The molecule has 2 aromatic heterocycles. The van der Waals surface area contributed by atoms with Crippen LogP contribution >= 0.6 is 11.6 Å². The summed E-state index contributed by atoms with van der Waals surface area (Å²) in [5.74, 6) is 0. The van der Waals surface area contributed by atoms with Gasteiger partial charge in [-0.1, -0.05) is 0 Å². The maximum Gasteiger partial charge on any atom is 0.209 e. The molecule has 0 aliphatic rings. The Morgan fingerprint density at radius 2 is 2.18 bits per heavy atom. The van der Waals surface area contributed by atoms with Crippen LogP contribution in [-0.2, 0) is 0 Å². The molecule has 0 spiro atoms. The van der Waals surface area contributed by atoms with E-state index in [0.717, 1.165) is 22.2 Å². The number of benzene rings is 1. The topological polar surface area (TPSA) is 54.0 Å². The van der Waals surface area contributed by atoms with Crippen molar-refractivity contribution in [2.45, 2.75) is 6.92 Å². The number of imidazole rings is 1. The minimum absolute atomic E-state index is 0.373. The van der Waals surface area contributed by atoms with Crippen molar-refractivity contribution in [3.63, 3.8) is 0 Å². The number of nitriles is 1. The van der Waals surface area contributed by atoms with Gasteiger partial charge in [-0.2, -0.15) is 5.26 Å². The van der Waals surface area contributed by atoms with Crippen molar-refractivity contribution >= 4 is 28.2 Å². The number of aryl methyl sites for hydroxylation is 1. The zero-order chi connectivity index (χ0) is 12.0. The van der Waals surface area contributed by atoms with E-state index in [1.165, 1.54) is 0 Å². The van der Waals surface area contributed by atoms with Crippen molar-refractivity contribution in [3.8, 4) is 6.07 Å². The van der Waals surface area contributed by atoms with Crippen molar-refractivity contribution in [2.24, 2.45) is 0 Å². The molecule has 0 aliphatic carbocycles. The molecule has 17 heavy (non-hydrogen) atoms. The Morgan fingerprint density at radius 3 is 2.94 bits per heavy atom. The maximum atomic E-state index is 8.91. The highest BCUT2D eigenvalue weighted by molar-refractivity contribution is 6.29. The summed E-state index contributed by atoms with van der Waals surface area (Å²) in [6, 6.07) is 7.39. The SMILES string of the molecule is Cc1cn2c(Cl)nc3ccc(C#N)cc3c2n1. The van der Waals surface area contributed by atoms with E-state index in [1.807, 2.05) is 13.1 Å². The highest BCUT2D eigenvalue weighted by Gasteiger charge is 2.09. The van der Waals surface area contributed by atoms with E-state index in [4.69, 9.17) is 16.9 Å². The van der Waals surface area contributed by atoms with Gasteiger partial charge in [0.2, 0.25) is 5.28 Å². The van der Waals surface area contributed by atoms with Gasteiger partial charge in [0, 0.05) is 11.6 Å². The minimum atomic E-state index is 0.373. The summed E-state index contributed by atoms with van der Waals surface area (Å²) in [5, 5.41) is 10.1. The third kappa shape index (κ3) is 1.44. The number of nitrogens with zero attached hydrogens (tertiary/aromatic N) is 4. The Hall–Kier alpha value is -2.12. The lowest BCUT2D eigenvalue weighted by atomic mass is 10.1. The van der Waals surface area contributed by atoms with E-state index >= 15 is 0 Å². The molecule has 2 heterocycles. The molecule has 0 amide bonds. The molecule has 0 atom stereocenters. The number of hydrogen-bond donors (Lipinski definition) is 0. The molecular formula is C12H7ClN4. The molecule has 0 unspecified atom stereocenters. The molecule has 0 radical (unpaired) electrons. The molecule has 0 bridgehead atoms. The van der Waals surface area contributed by atoms with E-state index in [9.17, 15) is 0 Å². The normalized spacial score (nSPS) is 10.9. The van der Waals surface area contributed by atoms with E-state index in [0.29, 0.717) is 10.8 Å². The molecule has 4 nitrogen and oxygen atoms in total. The summed E-state index contributed by atoms with van der Waals surface area (Å²) < 4.78 is 1.72. The molecule has 0 fully saturated rings. The number of hydrogen-bond acceptors (Lipinski definition) is 3. The first-order chi connectivity index (χ1) is 8.19. The van der Waals surface area contributed by atoms with Gasteiger partial charge < -0.3 is 0 Å². The Bertz CT molecular complexity index is 782. The maximum absolute atomic E-state index is 8.91. The lowest BCUT2D eigenvalue weighted by Gasteiger charge is -2.02. The molecule has 82 valence electrons. The van der Waals surface area contributed by atoms with Crippen LogP contribution in [0.5, 0.6) is 0 Å². The predicted molar refractivity (Wildman–Crippen MR) is 65.0 cm³/mol. The first-order valence-corrected chi connectivity index (χ1v) is 5.42. The van der Waals surface area contributed by atoms with E-state index < -0.39 is 0 Å². The number of rotatable bonds is 0. The number of fused-ring (bicyclic) bond motifs is 3. The van der Waals surface area contributed by atoms with Gasteiger partial charge in [0.15, 0.2) is 0 Å². The first-order valence-electron chi connectivity index (χ1n) is 5.04. The Labute approximate surface area is 102 Å². The van der Waals surface area contributed by atoms with Crippen LogP contribution in [0, 0.1) is 18.3 Å². The van der Waals surface area contributed by atoms with E-state index in [-0.39, 0.29) is 0 Å². The molecule has 3 rings (SSSR count). The van der Waals surface area contributed by atoms with Gasteiger partial charge in [0.1, 0.15) is 5.65 Å².